The number of ether oxygens (including phenoxy) is 1. The number of pyridine rings is 2. The maximum Gasteiger partial charge on any atom is 0.339 e. The minimum absolute atomic E-state index is 0.183. The number of aliphatic hydroxyl groups is 1. The maximum absolute atomic E-state index is 10.9. The van der Waals surface area contributed by atoms with Crippen LogP contribution in [0.1, 0.15) is 30.1 Å². The number of hydrogen-bond donors (Lipinski definition) is 1. The van der Waals surface area contributed by atoms with Crippen LogP contribution in [0.2, 0.25) is 0 Å². The lowest BCUT2D eigenvalue weighted by Gasteiger charge is -1.97. The van der Waals surface area contributed by atoms with Crippen LogP contribution in [0, 0.1) is 13.8 Å². The second-order valence-electron chi connectivity index (χ2n) is 3.98. The lowest BCUT2D eigenvalue weighted by atomic mass is 10.2. The zero-order chi connectivity index (χ0) is 16.8. The Balaban J connectivity index is 0.000000220. The third-order valence-electron chi connectivity index (χ3n) is 2.37. The van der Waals surface area contributed by atoms with Gasteiger partial charge >= 0.3 is 5.97 Å². The molecule has 0 aliphatic rings. The molecule has 20 heavy (non-hydrogen) atoms. The Morgan fingerprint density at radius 3 is 2.20 bits per heavy atom. The molecule has 0 aliphatic carbocycles. The molecule has 2 aromatic rings. The van der Waals surface area contributed by atoms with Crippen LogP contribution in [0.25, 0.3) is 0 Å². The molecule has 0 radical (unpaired) electrons. The molecule has 106 valence electrons. The van der Waals surface area contributed by atoms with Gasteiger partial charge in [-0.15, -0.1) is 0 Å². The number of aryl methyl sites for hydroxylation is 2. The fourth-order valence-corrected chi connectivity index (χ4v) is 1.24. The maximum atomic E-state index is 10.9. The Labute approximate surface area is 121 Å². The number of aromatic nitrogens is 2. The standard InChI is InChI=1S/C8H9NO2.C7H9NO/c1-6-3-4-7(5-9-6)8(10)11-2;1-6-2-3-7(5-9)4-8-6/h3-5H,1-2H3;2-4,9H,5H2,1H3/i;5D2. The lowest BCUT2D eigenvalue weighted by molar-refractivity contribution is 0.0600. The van der Waals surface area contributed by atoms with Gasteiger partial charge in [0.1, 0.15) is 0 Å². The Hall–Kier alpha value is -2.27. The Kier molecular flexibility index (Phi) is 5.11. The van der Waals surface area contributed by atoms with Gasteiger partial charge in [-0.3, -0.25) is 9.97 Å². The van der Waals surface area contributed by atoms with Gasteiger partial charge in [-0.1, -0.05) is 6.07 Å². The number of nitrogens with zero attached hydrogens (tertiary/aromatic N) is 2. The molecule has 0 amide bonds. The summed E-state index contributed by atoms with van der Waals surface area (Å²) in [5, 5.41) is 8.87. The molecule has 0 spiro atoms. The van der Waals surface area contributed by atoms with Crippen LogP contribution in [0.15, 0.2) is 36.7 Å². The van der Waals surface area contributed by atoms with E-state index in [1.807, 2.05) is 6.92 Å². The van der Waals surface area contributed by atoms with E-state index in [0.29, 0.717) is 5.56 Å². The summed E-state index contributed by atoms with van der Waals surface area (Å²) in [5.41, 5.74) is 2.36. The molecule has 0 fully saturated rings. The summed E-state index contributed by atoms with van der Waals surface area (Å²) >= 11 is 0. The van der Waals surface area contributed by atoms with E-state index in [0.717, 1.165) is 11.4 Å². The van der Waals surface area contributed by atoms with Crippen molar-refractivity contribution in [2.24, 2.45) is 0 Å². The third-order valence-corrected chi connectivity index (χ3v) is 2.37. The van der Waals surface area contributed by atoms with E-state index < -0.39 is 6.56 Å². The first-order chi connectivity index (χ1) is 10.2. The van der Waals surface area contributed by atoms with Gasteiger partial charge in [0.25, 0.3) is 0 Å². The van der Waals surface area contributed by atoms with E-state index in [9.17, 15) is 4.79 Å². The van der Waals surface area contributed by atoms with Gasteiger partial charge in [0.2, 0.25) is 0 Å². The SMILES string of the molecule is COC(=O)c1ccc(C)nc1.[2H]C([2H])(O)c1ccc(C)nc1. The molecule has 0 aromatic carbocycles. The molecule has 1 N–H and O–H groups in total. The van der Waals surface area contributed by atoms with Gasteiger partial charge in [-0.2, -0.15) is 0 Å². The predicted octanol–water partition coefficient (Wildman–Crippen LogP) is 2.06. The average Bonchev–Trinajstić information content (AvgIpc) is 2.47. The van der Waals surface area contributed by atoms with Crippen molar-refractivity contribution in [1.29, 1.82) is 0 Å². The van der Waals surface area contributed by atoms with Crippen molar-refractivity contribution in [3.63, 3.8) is 0 Å². The molecule has 5 heteroatoms. The van der Waals surface area contributed by atoms with Gasteiger partial charge in [0.15, 0.2) is 0 Å². The zero-order valence-electron chi connectivity index (χ0n) is 13.6. The minimum atomic E-state index is -2.28. The predicted molar refractivity (Wildman–Crippen MR) is 75.2 cm³/mol. The summed E-state index contributed by atoms with van der Waals surface area (Å²) in [5.74, 6) is -0.350. The van der Waals surface area contributed by atoms with Crippen LogP contribution >= 0.6 is 0 Å². The summed E-state index contributed by atoms with van der Waals surface area (Å²) in [6.07, 6.45) is 2.83. The molecule has 0 aliphatic heterocycles. The summed E-state index contributed by atoms with van der Waals surface area (Å²) in [6, 6.07) is 6.63. The van der Waals surface area contributed by atoms with Crippen LogP contribution < -0.4 is 0 Å². The van der Waals surface area contributed by atoms with Crippen LogP contribution in [0.5, 0.6) is 0 Å². The monoisotopic (exact) mass is 276 g/mol. The van der Waals surface area contributed by atoms with Crippen molar-refractivity contribution in [2.75, 3.05) is 7.11 Å². The highest BCUT2D eigenvalue weighted by Gasteiger charge is 2.03. The van der Waals surface area contributed by atoms with Gasteiger partial charge in [-0.05, 0) is 37.6 Å². The lowest BCUT2D eigenvalue weighted by Crippen LogP contribution is -2.01. The molecular formula is C15H18N2O3. The van der Waals surface area contributed by atoms with Crippen molar-refractivity contribution in [3.8, 4) is 0 Å². The smallest absolute Gasteiger partial charge is 0.339 e. The van der Waals surface area contributed by atoms with Crippen LogP contribution in [0.4, 0.5) is 0 Å². The molecule has 5 nitrogen and oxygen atoms in total. The first-order valence-corrected chi connectivity index (χ1v) is 5.90. The van der Waals surface area contributed by atoms with Crippen molar-refractivity contribution < 1.29 is 17.4 Å². The van der Waals surface area contributed by atoms with Crippen molar-refractivity contribution in [1.82, 2.24) is 9.97 Å². The highest BCUT2D eigenvalue weighted by Crippen LogP contribution is 2.00. The van der Waals surface area contributed by atoms with Crippen molar-refractivity contribution in [3.05, 3.63) is 59.2 Å². The van der Waals surface area contributed by atoms with Crippen LogP contribution in [-0.2, 0) is 11.3 Å². The molecule has 2 aromatic heterocycles. The van der Waals surface area contributed by atoms with Crippen LogP contribution in [-0.4, -0.2) is 28.2 Å². The van der Waals surface area contributed by atoms with Gasteiger partial charge in [-0.25, -0.2) is 4.79 Å². The number of carbonyl (C=O) groups is 1. The van der Waals surface area contributed by atoms with E-state index in [2.05, 4.69) is 14.7 Å². The largest absolute Gasteiger partial charge is 0.465 e. The molecule has 2 heterocycles. The van der Waals surface area contributed by atoms with E-state index in [4.69, 9.17) is 7.85 Å². The number of rotatable bonds is 2. The highest BCUT2D eigenvalue weighted by molar-refractivity contribution is 5.88. The Morgan fingerprint density at radius 2 is 1.80 bits per heavy atom. The van der Waals surface area contributed by atoms with Crippen molar-refractivity contribution >= 4 is 5.97 Å². The molecule has 0 bridgehead atoms. The van der Waals surface area contributed by atoms with E-state index in [1.165, 1.54) is 25.6 Å². The number of methoxy groups -OCH3 is 1. The number of carbonyl (C=O) groups excluding carboxylic acids is 1. The number of esters is 1. The summed E-state index contributed by atoms with van der Waals surface area (Å²) < 4.78 is 18.3. The molecule has 0 atom stereocenters. The van der Waals surface area contributed by atoms with Crippen molar-refractivity contribution in [2.45, 2.75) is 20.4 Å². The second kappa shape index (κ2) is 8.01. The minimum Gasteiger partial charge on any atom is -0.465 e. The quantitative estimate of drug-likeness (QED) is 0.850. The third kappa shape index (κ3) is 5.16. The average molecular weight is 276 g/mol. The molecule has 0 unspecified atom stereocenters. The molecule has 2 rings (SSSR count). The topological polar surface area (TPSA) is 72.3 Å². The van der Waals surface area contributed by atoms with E-state index >= 15 is 0 Å². The summed E-state index contributed by atoms with van der Waals surface area (Å²) in [7, 11) is 1.35. The fraction of sp³-hybridized carbons (Fsp3) is 0.267. The summed E-state index contributed by atoms with van der Waals surface area (Å²) in [6.45, 7) is 1.39. The van der Waals surface area contributed by atoms with Gasteiger partial charge < -0.3 is 9.84 Å². The first kappa shape index (κ1) is 12.7. The second-order valence-corrected chi connectivity index (χ2v) is 3.98. The zero-order valence-corrected chi connectivity index (χ0v) is 11.6. The highest BCUT2D eigenvalue weighted by atomic mass is 16.5. The Bertz CT molecular complexity index is 608. The van der Waals surface area contributed by atoms with E-state index in [-0.39, 0.29) is 11.5 Å². The van der Waals surface area contributed by atoms with Gasteiger partial charge in [0, 0.05) is 23.8 Å². The Morgan fingerprint density at radius 1 is 1.20 bits per heavy atom. The first-order valence-electron chi connectivity index (χ1n) is 6.90. The molecule has 0 saturated carbocycles. The molecule has 0 saturated heterocycles. The normalized spacial score (nSPS) is 11.6. The summed E-state index contributed by atoms with van der Waals surface area (Å²) in [4.78, 5) is 18.7. The number of hydrogen-bond acceptors (Lipinski definition) is 5. The van der Waals surface area contributed by atoms with Crippen LogP contribution in [0.3, 0.4) is 0 Å². The molecular weight excluding hydrogens is 256 g/mol. The van der Waals surface area contributed by atoms with E-state index in [1.54, 1.807) is 25.1 Å². The fourth-order valence-electron chi connectivity index (χ4n) is 1.24. The van der Waals surface area contributed by atoms with Gasteiger partial charge in [0.05, 0.1) is 22.0 Å².